The number of benzene rings is 3. The molecule has 0 bridgehead atoms. The Bertz CT molecular complexity index is 4150. The molecule has 2 amide bonds. The van der Waals surface area contributed by atoms with Gasteiger partial charge < -0.3 is 52.6 Å². The number of aryl methyl sites for hydroxylation is 5. The predicted molar refractivity (Wildman–Crippen MR) is 376 cm³/mol. The van der Waals surface area contributed by atoms with Gasteiger partial charge in [0, 0.05) is 137 Å². The molecule has 2 aliphatic heterocycles. The van der Waals surface area contributed by atoms with Gasteiger partial charge in [-0.1, -0.05) is 28.9 Å². The largest absolute Gasteiger partial charge is 0.497 e. The van der Waals surface area contributed by atoms with Gasteiger partial charge in [0.05, 0.1) is 46.9 Å². The third-order valence-corrected chi connectivity index (χ3v) is 19.2. The molecular formula is C69H83ClF2N14O9S2. The van der Waals surface area contributed by atoms with Crippen LogP contribution >= 0.6 is 22.9 Å². The number of halogens is 3. The van der Waals surface area contributed by atoms with E-state index >= 15 is 0 Å². The minimum atomic E-state index is -3.39. The van der Waals surface area contributed by atoms with Crippen molar-refractivity contribution in [1.82, 2.24) is 43.9 Å². The molecule has 3 aliphatic rings. The van der Waals surface area contributed by atoms with E-state index in [9.17, 15) is 36.4 Å². The smallest absolute Gasteiger partial charge is 0.281 e. The summed E-state index contributed by atoms with van der Waals surface area (Å²) in [5, 5.41) is 7.23. The van der Waals surface area contributed by atoms with Crippen LogP contribution in [0.15, 0.2) is 131 Å². The van der Waals surface area contributed by atoms with E-state index in [1.165, 1.54) is 54.1 Å². The fourth-order valence-corrected chi connectivity index (χ4v) is 13.0. The third-order valence-electron chi connectivity index (χ3n) is 15.9. The Balaban J connectivity index is 0.000000168. The Kier molecular flexibility index (Phi) is 27.9. The predicted octanol–water partition coefficient (Wildman–Crippen LogP) is 11.7. The van der Waals surface area contributed by atoms with E-state index in [0.29, 0.717) is 82.2 Å². The van der Waals surface area contributed by atoms with Crippen LogP contribution in [-0.4, -0.2) is 125 Å². The molecule has 97 heavy (non-hydrogen) atoms. The molecule has 12 rings (SSSR count). The van der Waals surface area contributed by atoms with Crippen molar-refractivity contribution in [2.45, 2.75) is 97.3 Å². The number of rotatable bonds is 15. The van der Waals surface area contributed by atoms with Crippen LogP contribution in [-0.2, 0) is 45.5 Å². The highest BCUT2D eigenvalue weighted by molar-refractivity contribution is 7.86. The highest BCUT2D eigenvalue weighted by Gasteiger charge is 2.36. The standard InChI is InChI=1S/C17H15NO4.C15H11F2N3OS.C12H23N3O3S.C10H14N2O.C8H11N3.C7H9ClN2/c1-20-13-6-4-12(5-7-13)17-11-15(18-22-17)16(19)9-8-14-3-2-10-21-14;1-7(21)13-12(18)11-9(14(16)17)5-10(20-15(11)22-13)8-3-2-4-19-6-8;1-13(2)19(17,18)15-9-5-6-11(10-15)12(16)14-7-3-4-8-14;1-12-10(13)7-4-8-2-5-9(11)6-3-8;9-8-10-5-6-3-1-2-4-7(6)11-8;1-4-2-5(8)3-6(9)7(4)10/h2-7,10-11H,8-9H2,1H3;2-6,14H,18H2,1H3;11H,3-10H2,1-2H3;2-3,5-6H,4,7,11H2,1H3,(H,12,13);5H,1-4H2,(H2,9,10,11);2-3H,9-10H2,1H3. The molecule has 0 radical (unpaired) electrons. The number of aromatic nitrogens is 5. The van der Waals surface area contributed by atoms with E-state index in [1.54, 1.807) is 69.2 Å². The monoisotopic (exact) mass is 1390 g/mol. The molecule has 516 valence electrons. The summed E-state index contributed by atoms with van der Waals surface area (Å²) in [6.07, 6.45) is 14.5. The van der Waals surface area contributed by atoms with Crippen LogP contribution in [0.4, 0.5) is 37.5 Å². The normalized spacial score (nSPS) is 14.2. The van der Waals surface area contributed by atoms with Crippen LogP contribution in [0, 0.1) is 12.8 Å². The molecule has 28 heteroatoms. The maximum atomic E-state index is 13.4. The van der Waals surface area contributed by atoms with E-state index in [1.807, 2.05) is 72.6 Å². The van der Waals surface area contributed by atoms with Crippen molar-refractivity contribution >= 4 is 95.4 Å². The fourth-order valence-electron chi connectivity index (χ4n) is 10.5. The molecule has 0 saturated carbocycles. The van der Waals surface area contributed by atoms with Crippen molar-refractivity contribution in [3.63, 3.8) is 0 Å². The number of thiophene rings is 1. The van der Waals surface area contributed by atoms with Crippen molar-refractivity contribution < 1.29 is 50.1 Å². The molecule has 3 aromatic carbocycles. The second-order valence-electron chi connectivity index (χ2n) is 23.1. The maximum absolute atomic E-state index is 13.4. The third kappa shape index (κ3) is 21.5. The zero-order chi connectivity index (χ0) is 70.3. The lowest BCUT2D eigenvalue weighted by molar-refractivity contribution is -0.135. The average Bonchev–Trinajstić information content (AvgIpc) is 1.60. The van der Waals surface area contributed by atoms with Crippen LogP contribution in [0.3, 0.4) is 0 Å². The topological polar surface area (TPSA) is 354 Å². The number of pyridine rings is 2. The molecule has 6 aromatic heterocycles. The van der Waals surface area contributed by atoms with Crippen molar-refractivity contribution in [3.8, 4) is 28.3 Å². The molecule has 2 saturated heterocycles. The number of anilines is 5. The first kappa shape index (κ1) is 75.0. The number of alkyl halides is 2. The molecule has 1 unspecified atom stereocenters. The zero-order valence-electron chi connectivity index (χ0n) is 55.1. The lowest BCUT2D eigenvalue weighted by atomic mass is 9.98. The number of methoxy groups -OCH3 is 1. The molecule has 1 aliphatic carbocycles. The van der Waals surface area contributed by atoms with Gasteiger partial charge in [-0.3, -0.25) is 24.2 Å². The summed E-state index contributed by atoms with van der Waals surface area (Å²) in [4.78, 5) is 65.9. The Morgan fingerprint density at radius 1 is 0.835 bits per heavy atom. The lowest BCUT2D eigenvalue weighted by Gasteiger charge is -2.34. The second-order valence-corrected chi connectivity index (χ2v) is 26.7. The van der Waals surface area contributed by atoms with Gasteiger partial charge in [-0.15, -0.1) is 11.3 Å². The van der Waals surface area contributed by atoms with Crippen LogP contribution < -0.4 is 38.7 Å². The van der Waals surface area contributed by atoms with Crippen LogP contribution in [0.1, 0.15) is 119 Å². The fraction of sp³-hybridized carbons (Fsp3) is 0.348. The number of furan rings is 1. The number of hydrogen-bond acceptors (Lipinski definition) is 20. The number of carbonyl (C=O) groups excluding carboxylic acids is 4. The van der Waals surface area contributed by atoms with Gasteiger partial charge in [0.2, 0.25) is 17.8 Å². The lowest BCUT2D eigenvalue weighted by Crippen LogP contribution is -2.49. The van der Waals surface area contributed by atoms with Gasteiger partial charge in [0.1, 0.15) is 22.0 Å². The molecule has 1 atom stereocenters. The van der Waals surface area contributed by atoms with E-state index in [4.69, 9.17) is 53.9 Å². The number of piperidine rings is 1. The van der Waals surface area contributed by atoms with Crippen molar-refractivity contribution in [1.29, 1.82) is 0 Å². The number of nitrogens with two attached hydrogens (primary N) is 5. The van der Waals surface area contributed by atoms with Crippen LogP contribution in [0.25, 0.3) is 32.8 Å². The summed E-state index contributed by atoms with van der Waals surface area (Å²) in [6.45, 7) is 5.73. The number of ketones is 2. The summed E-state index contributed by atoms with van der Waals surface area (Å²) in [5.41, 5.74) is 36.4. The summed E-state index contributed by atoms with van der Waals surface area (Å²) in [7, 11) is 2.92. The minimum absolute atomic E-state index is 0.0665. The van der Waals surface area contributed by atoms with Crippen LogP contribution in [0.2, 0.25) is 5.02 Å². The van der Waals surface area contributed by atoms with Gasteiger partial charge in [0.15, 0.2) is 17.3 Å². The number of hydrogen-bond donors (Lipinski definition) is 6. The average molecular weight is 1390 g/mol. The first-order chi connectivity index (χ1) is 46.4. The number of nitrogen functional groups attached to an aromatic ring is 5. The second kappa shape index (κ2) is 36.1. The minimum Gasteiger partial charge on any atom is -0.497 e. The molecule has 0 spiro atoms. The SMILES string of the molecule is CC(=O)c1sc2nc(-c3cccnc3)cc(C(F)F)c2c1N.CN(C)S(=O)(=O)N1CCCC(C(=O)N2CCCC2)C1.CNC(=O)CCc1ccc(N)cc1.COc1ccc(-c2cc(C(=O)CCc3ccco3)no2)cc1.Cc1cc(Cl)cc(N)c1N.Nc1ncc2c(n1)CCCC2. The number of amides is 2. The Hall–Kier alpha value is -9.41. The number of ether oxygens (including phenoxy) is 1. The van der Waals surface area contributed by atoms with Crippen molar-refractivity contribution in [3.05, 3.63) is 171 Å². The van der Waals surface area contributed by atoms with Crippen molar-refractivity contribution in [2.75, 3.05) is 83.1 Å². The summed E-state index contributed by atoms with van der Waals surface area (Å²) >= 11 is 6.72. The van der Waals surface area contributed by atoms with E-state index in [0.717, 1.165) is 109 Å². The number of carbonyl (C=O) groups is 4. The Morgan fingerprint density at radius 2 is 1.56 bits per heavy atom. The molecule has 9 aromatic rings. The molecule has 8 heterocycles. The first-order valence-electron chi connectivity index (χ1n) is 31.4. The zero-order valence-corrected chi connectivity index (χ0v) is 57.5. The van der Waals surface area contributed by atoms with Gasteiger partial charge in [-0.05, 0) is 160 Å². The summed E-state index contributed by atoms with van der Waals surface area (Å²) in [6, 6.07) is 28.4. The number of fused-ring (bicyclic) bond motifs is 2. The Labute approximate surface area is 572 Å². The molecule has 11 N–H and O–H groups in total. The van der Waals surface area contributed by atoms with E-state index in [-0.39, 0.29) is 50.8 Å². The van der Waals surface area contributed by atoms with Gasteiger partial charge in [-0.2, -0.15) is 17.0 Å². The van der Waals surface area contributed by atoms with Gasteiger partial charge in [-0.25, -0.2) is 23.7 Å². The van der Waals surface area contributed by atoms with Gasteiger partial charge >= 0.3 is 0 Å². The van der Waals surface area contributed by atoms with Gasteiger partial charge in [0.25, 0.3) is 16.6 Å². The highest BCUT2D eigenvalue weighted by atomic mass is 35.5. The highest BCUT2D eigenvalue weighted by Crippen LogP contribution is 2.41. The van der Waals surface area contributed by atoms with E-state index < -0.39 is 16.6 Å². The summed E-state index contributed by atoms with van der Waals surface area (Å²) in [5.74, 6) is 2.22. The number of nitrogens with zero attached hydrogens (tertiary/aromatic N) is 8. The molecular weight excluding hydrogens is 1310 g/mol. The quantitative estimate of drug-likeness (QED) is 0.0410. The molecule has 2 fully saturated rings. The van der Waals surface area contributed by atoms with Crippen molar-refractivity contribution in [2.24, 2.45) is 5.92 Å². The number of likely N-dealkylation sites (tertiary alicyclic amines) is 1. The number of nitrogens with one attached hydrogen (secondary N) is 1. The van der Waals surface area contributed by atoms with Crippen LogP contribution in [0.5, 0.6) is 5.75 Å². The first-order valence-corrected chi connectivity index (χ1v) is 34.0. The number of Topliss-reactive ketones (excluding diaryl/α,β-unsaturated/α-hetero) is 2. The maximum Gasteiger partial charge on any atom is 0.281 e. The Morgan fingerprint density at radius 3 is 2.19 bits per heavy atom. The van der Waals surface area contributed by atoms with E-state index in [2.05, 4.69) is 30.4 Å². The molecule has 23 nitrogen and oxygen atoms in total. The summed E-state index contributed by atoms with van der Waals surface area (Å²) < 4.78 is 69.2.